The van der Waals surface area contributed by atoms with Crippen molar-refractivity contribution < 1.29 is 9.53 Å². The van der Waals surface area contributed by atoms with Crippen LogP contribution in [0.25, 0.3) is 5.57 Å². The van der Waals surface area contributed by atoms with Gasteiger partial charge in [-0.25, -0.2) is 0 Å². The number of allylic oxidation sites excluding steroid dienone is 5. The number of benzene rings is 2. The van der Waals surface area contributed by atoms with Crippen molar-refractivity contribution in [3.8, 4) is 5.75 Å². The predicted molar refractivity (Wildman–Crippen MR) is 144 cm³/mol. The topological polar surface area (TPSA) is 39.2 Å². The van der Waals surface area contributed by atoms with E-state index in [0.29, 0.717) is 17.0 Å². The van der Waals surface area contributed by atoms with E-state index in [1.54, 1.807) is 30.5 Å². The van der Waals surface area contributed by atoms with Crippen LogP contribution in [0.4, 0.5) is 0 Å². The first-order valence-corrected chi connectivity index (χ1v) is 12.4. The molecule has 0 aliphatic carbocycles. The highest BCUT2D eigenvalue weighted by molar-refractivity contribution is 9.10. The fourth-order valence-corrected chi connectivity index (χ4v) is 3.93. The molecule has 3 rings (SSSR count). The maximum absolute atomic E-state index is 13.0. The summed E-state index contributed by atoms with van der Waals surface area (Å²) in [5.74, 6) is 0.406. The van der Waals surface area contributed by atoms with Crippen LogP contribution in [-0.2, 0) is 6.42 Å². The van der Waals surface area contributed by atoms with Gasteiger partial charge in [0, 0.05) is 16.2 Å². The second-order valence-corrected chi connectivity index (χ2v) is 8.96. The quantitative estimate of drug-likeness (QED) is 0.194. The zero-order chi connectivity index (χ0) is 24.3. The van der Waals surface area contributed by atoms with Crippen molar-refractivity contribution in [1.82, 2.24) is 4.98 Å². The number of pyridine rings is 1. The van der Waals surface area contributed by atoms with Gasteiger partial charge in [0.2, 0.25) is 5.78 Å². The van der Waals surface area contributed by atoms with Crippen LogP contribution in [0, 0.1) is 0 Å². The smallest absolute Gasteiger partial charge is 0.215 e. The second-order valence-electron chi connectivity index (χ2n) is 7.79. The van der Waals surface area contributed by atoms with E-state index < -0.39 is 0 Å². The largest absolute Gasteiger partial charge is 0.490 e. The van der Waals surface area contributed by atoms with Crippen LogP contribution in [0.15, 0.2) is 101 Å². The summed E-state index contributed by atoms with van der Waals surface area (Å²) in [4.78, 5) is 17.2. The molecule has 1 unspecified atom stereocenters. The van der Waals surface area contributed by atoms with Crippen LogP contribution in [-0.4, -0.2) is 16.9 Å². The highest BCUT2D eigenvalue weighted by Crippen LogP contribution is 2.27. The average molecular weight is 537 g/mol. The third kappa shape index (κ3) is 7.28. The Morgan fingerprint density at radius 3 is 2.62 bits per heavy atom. The van der Waals surface area contributed by atoms with E-state index in [4.69, 9.17) is 16.3 Å². The Balaban J connectivity index is 1.67. The SMILES string of the molecule is C\C=C/C(=C\C=C\Cl)c1ccc(CCC(C)Oc2ccc(Br)cc2C(=O)c2ccccn2)cc1. The van der Waals surface area contributed by atoms with Gasteiger partial charge < -0.3 is 4.74 Å². The number of ketones is 1. The third-order valence-electron chi connectivity index (χ3n) is 5.23. The Kier molecular flexibility index (Phi) is 9.87. The number of halogens is 2. The van der Waals surface area contributed by atoms with E-state index in [0.717, 1.165) is 28.5 Å². The van der Waals surface area contributed by atoms with Gasteiger partial charge in [0.25, 0.3) is 0 Å². The minimum atomic E-state index is -0.159. The molecule has 1 heterocycles. The average Bonchev–Trinajstić information content (AvgIpc) is 2.87. The molecular formula is C29H27BrClNO2. The molecule has 3 nitrogen and oxygen atoms in total. The van der Waals surface area contributed by atoms with E-state index in [1.807, 2.05) is 44.2 Å². The first-order chi connectivity index (χ1) is 16.5. The maximum Gasteiger partial charge on any atom is 0.215 e. The number of nitrogens with zero attached hydrogens (tertiary/aromatic N) is 1. The van der Waals surface area contributed by atoms with E-state index in [1.165, 1.54) is 11.1 Å². The normalized spacial score (nSPS) is 12.9. The highest BCUT2D eigenvalue weighted by atomic mass is 79.9. The Morgan fingerprint density at radius 1 is 1.15 bits per heavy atom. The summed E-state index contributed by atoms with van der Waals surface area (Å²) in [5.41, 5.74) is 5.86. The molecule has 1 atom stereocenters. The molecule has 0 aliphatic rings. The number of aromatic nitrogens is 1. The molecule has 5 heteroatoms. The van der Waals surface area contributed by atoms with Gasteiger partial charge in [-0.15, -0.1) is 0 Å². The lowest BCUT2D eigenvalue weighted by Crippen LogP contribution is -2.15. The molecule has 34 heavy (non-hydrogen) atoms. The van der Waals surface area contributed by atoms with Crippen LogP contribution >= 0.6 is 27.5 Å². The van der Waals surface area contributed by atoms with Crippen molar-refractivity contribution in [2.75, 3.05) is 0 Å². The number of ether oxygens (including phenoxy) is 1. The fourth-order valence-electron chi connectivity index (χ4n) is 3.49. The lowest BCUT2D eigenvalue weighted by atomic mass is 10.0. The molecule has 174 valence electrons. The van der Waals surface area contributed by atoms with Crippen LogP contribution in [0.5, 0.6) is 5.75 Å². The Morgan fingerprint density at radius 2 is 1.94 bits per heavy atom. The van der Waals surface area contributed by atoms with Gasteiger partial charge in [-0.05, 0) is 73.7 Å². The summed E-state index contributed by atoms with van der Waals surface area (Å²) in [5, 5.41) is 0. The van der Waals surface area contributed by atoms with Gasteiger partial charge in [0.15, 0.2) is 0 Å². The number of hydrogen-bond donors (Lipinski definition) is 0. The molecule has 0 N–H and O–H groups in total. The van der Waals surface area contributed by atoms with Crippen LogP contribution in [0.2, 0.25) is 0 Å². The number of carbonyl (C=O) groups excluding carboxylic acids is 1. The highest BCUT2D eigenvalue weighted by Gasteiger charge is 2.18. The molecule has 0 spiro atoms. The fraction of sp³-hybridized carbons (Fsp3) is 0.172. The van der Waals surface area contributed by atoms with Crippen molar-refractivity contribution in [3.63, 3.8) is 0 Å². The Labute approximate surface area is 215 Å². The van der Waals surface area contributed by atoms with Gasteiger partial charge in [0.1, 0.15) is 11.4 Å². The number of hydrogen-bond acceptors (Lipinski definition) is 3. The molecule has 0 bridgehead atoms. The van der Waals surface area contributed by atoms with Crippen molar-refractivity contribution in [3.05, 3.63) is 124 Å². The van der Waals surface area contributed by atoms with Gasteiger partial charge in [-0.3, -0.25) is 9.78 Å². The lowest BCUT2D eigenvalue weighted by molar-refractivity contribution is 0.102. The predicted octanol–water partition coefficient (Wildman–Crippen LogP) is 8.19. The van der Waals surface area contributed by atoms with E-state index in [2.05, 4.69) is 51.3 Å². The molecule has 2 aromatic carbocycles. The van der Waals surface area contributed by atoms with Crippen LogP contribution in [0.3, 0.4) is 0 Å². The van der Waals surface area contributed by atoms with Crippen LogP contribution in [0.1, 0.15) is 47.4 Å². The van der Waals surface area contributed by atoms with Crippen LogP contribution < -0.4 is 4.74 Å². The minimum absolute atomic E-state index is 0.0662. The van der Waals surface area contributed by atoms with Crippen molar-refractivity contribution >= 4 is 38.9 Å². The van der Waals surface area contributed by atoms with Crippen molar-refractivity contribution in [1.29, 1.82) is 0 Å². The summed E-state index contributed by atoms with van der Waals surface area (Å²) in [7, 11) is 0. The Bertz CT molecular complexity index is 1180. The van der Waals surface area contributed by atoms with Gasteiger partial charge >= 0.3 is 0 Å². The lowest BCUT2D eigenvalue weighted by Gasteiger charge is -2.17. The summed E-state index contributed by atoms with van der Waals surface area (Å²) in [6.45, 7) is 4.02. The van der Waals surface area contributed by atoms with E-state index >= 15 is 0 Å². The molecule has 0 saturated heterocycles. The molecule has 3 aromatic rings. The maximum atomic E-state index is 13.0. The molecule has 0 radical (unpaired) electrons. The number of rotatable bonds is 10. The first-order valence-electron chi connectivity index (χ1n) is 11.1. The number of carbonyl (C=O) groups is 1. The van der Waals surface area contributed by atoms with Crippen molar-refractivity contribution in [2.24, 2.45) is 0 Å². The molecule has 1 aromatic heterocycles. The van der Waals surface area contributed by atoms with Gasteiger partial charge in [-0.2, -0.15) is 0 Å². The molecule has 0 fully saturated rings. The first kappa shape index (κ1) is 25.7. The summed E-state index contributed by atoms with van der Waals surface area (Å²) in [6.07, 6.45) is 11.1. The molecule has 0 aliphatic heterocycles. The molecule has 0 amide bonds. The summed E-state index contributed by atoms with van der Waals surface area (Å²) >= 11 is 9.13. The molecule has 0 saturated carbocycles. The minimum Gasteiger partial charge on any atom is -0.490 e. The standard InChI is InChI=1S/C29H27BrClNO2/c1-3-7-23(8-6-18-31)24-14-12-22(13-15-24)11-10-21(2)34-28-17-16-25(30)20-26(28)29(33)27-9-4-5-19-32-27/h3-9,12-21H,10-11H2,1-2H3/b7-3-,18-6+,23-8+. The monoisotopic (exact) mass is 535 g/mol. The zero-order valence-electron chi connectivity index (χ0n) is 19.2. The van der Waals surface area contributed by atoms with E-state index in [9.17, 15) is 4.79 Å². The third-order valence-corrected chi connectivity index (χ3v) is 5.87. The summed E-state index contributed by atoms with van der Waals surface area (Å²) < 4.78 is 7.01. The van der Waals surface area contributed by atoms with Gasteiger partial charge in [0.05, 0.1) is 11.7 Å². The van der Waals surface area contributed by atoms with Crippen molar-refractivity contribution in [2.45, 2.75) is 32.8 Å². The summed E-state index contributed by atoms with van der Waals surface area (Å²) in [6, 6.07) is 19.3. The Hall–Kier alpha value is -2.95. The zero-order valence-corrected chi connectivity index (χ0v) is 21.6. The van der Waals surface area contributed by atoms with E-state index in [-0.39, 0.29) is 11.9 Å². The molecular weight excluding hydrogens is 510 g/mol. The second kappa shape index (κ2) is 13.1. The van der Waals surface area contributed by atoms with Gasteiger partial charge in [-0.1, -0.05) is 82.2 Å². The number of aryl methyl sites for hydroxylation is 1.